The third kappa shape index (κ3) is 51.9. The van der Waals surface area contributed by atoms with E-state index in [4.69, 9.17) is 14.2 Å². The Labute approximate surface area is 402 Å². The molecule has 0 aliphatic carbocycles. The molecule has 0 aliphatic rings. The van der Waals surface area contributed by atoms with E-state index in [0.29, 0.717) is 19.3 Å². The fourth-order valence-corrected chi connectivity index (χ4v) is 7.84. The van der Waals surface area contributed by atoms with E-state index in [2.05, 4.69) is 81.5 Å². The van der Waals surface area contributed by atoms with Gasteiger partial charge in [-0.2, -0.15) is 0 Å². The van der Waals surface area contributed by atoms with E-state index < -0.39 is 6.10 Å². The number of carbonyl (C=O) groups is 3. The zero-order valence-corrected chi connectivity index (χ0v) is 43.0. The lowest BCUT2D eigenvalue weighted by Crippen LogP contribution is -2.30. The van der Waals surface area contributed by atoms with Gasteiger partial charge < -0.3 is 14.2 Å². The summed E-state index contributed by atoms with van der Waals surface area (Å²) in [6.07, 6.45) is 67.0. The number of hydrogen-bond acceptors (Lipinski definition) is 6. The average molecular weight is 909 g/mol. The van der Waals surface area contributed by atoms with Crippen molar-refractivity contribution in [2.45, 2.75) is 284 Å². The van der Waals surface area contributed by atoms with Gasteiger partial charge in [-0.05, 0) is 83.5 Å². The molecule has 0 bridgehead atoms. The normalized spacial score (nSPS) is 12.5. The first kappa shape index (κ1) is 62.1. The van der Waals surface area contributed by atoms with Crippen LogP contribution in [-0.2, 0) is 28.6 Å². The molecule has 65 heavy (non-hydrogen) atoms. The molecule has 1 unspecified atom stereocenters. The summed E-state index contributed by atoms with van der Waals surface area (Å²) >= 11 is 0. The van der Waals surface area contributed by atoms with Gasteiger partial charge in [-0.1, -0.05) is 236 Å². The molecule has 0 aromatic rings. The van der Waals surface area contributed by atoms with Crippen LogP contribution in [0.15, 0.2) is 60.8 Å². The van der Waals surface area contributed by atoms with Crippen LogP contribution in [-0.4, -0.2) is 37.2 Å². The van der Waals surface area contributed by atoms with Crippen LogP contribution < -0.4 is 0 Å². The third-order valence-corrected chi connectivity index (χ3v) is 12.0. The molecule has 0 saturated carbocycles. The molecule has 0 fully saturated rings. The Bertz CT molecular complexity index is 1180. The Morgan fingerprint density at radius 2 is 0.600 bits per heavy atom. The van der Waals surface area contributed by atoms with Crippen LogP contribution in [0, 0.1) is 0 Å². The van der Waals surface area contributed by atoms with Crippen molar-refractivity contribution in [1.82, 2.24) is 0 Å². The second-order valence-corrected chi connectivity index (χ2v) is 18.5. The topological polar surface area (TPSA) is 78.9 Å². The van der Waals surface area contributed by atoms with Crippen LogP contribution in [0.1, 0.15) is 278 Å². The van der Waals surface area contributed by atoms with Gasteiger partial charge in [-0.25, -0.2) is 0 Å². The molecule has 0 aromatic carbocycles. The molecule has 0 amide bonds. The maximum absolute atomic E-state index is 12.7. The molecule has 6 heteroatoms. The summed E-state index contributed by atoms with van der Waals surface area (Å²) in [4.78, 5) is 37.7. The molecule has 0 aromatic heterocycles. The second kappa shape index (κ2) is 53.7. The molecule has 1 atom stereocenters. The van der Waals surface area contributed by atoms with Gasteiger partial charge in [0.1, 0.15) is 13.2 Å². The Hall–Kier alpha value is -2.89. The summed E-state index contributed by atoms with van der Waals surface area (Å²) in [7, 11) is 0. The number of rotatable bonds is 50. The highest BCUT2D eigenvalue weighted by molar-refractivity contribution is 5.71. The highest BCUT2D eigenvalue weighted by Gasteiger charge is 2.19. The predicted octanol–water partition coefficient (Wildman–Crippen LogP) is 18.4. The first-order valence-corrected chi connectivity index (χ1v) is 27.8. The number of unbranched alkanes of at least 4 members (excludes halogenated alkanes) is 29. The SMILES string of the molecule is CC/C=C\C/C=C\C/C=C\C/C=C\CCCCC(=O)OC(COC(=O)CCCCCCC)COC(=O)CCCCCCCCCCCCCCCCC/C=C\CCCCCCCCCC. The molecule has 0 rings (SSSR count). The summed E-state index contributed by atoms with van der Waals surface area (Å²) in [5.41, 5.74) is 0. The average Bonchev–Trinajstić information content (AvgIpc) is 3.30. The van der Waals surface area contributed by atoms with E-state index in [9.17, 15) is 14.4 Å². The van der Waals surface area contributed by atoms with E-state index in [1.165, 1.54) is 148 Å². The van der Waals surface area contributed by atoms with Gasteiger partial charge in [-0.15, -0.1) is 0 Å². The molecule has 0 aliphatic heterocycles. The highest BCUT2D eigenvalue weighted by atomic mass is 16.6. The maximum Gasteiger partial charge on any atom is 0.306 e. The summed E-state index contributed by atoms with van der Waals surface area (Å²) in [5, 5.41) is 0. The van der Waals surface area contributed by atoms with E-state index in [0.717, 1.165) is 83.5 Å². The van der Waals surface area contributed by atoms with Crippen LogP contribution in [0.25, 0.3) is 0 Å². The van der Waals surface area contributed by atoms with Crippen molar-refractivity contribution in [1.29, 1.82) is 0 Å². The molecule has 0 N–H and O–H groups in total. The number of ether oxygens (including phenoxy) is 3. The van der Waals surface area contributed by atoms with Crippen molar-refractivity contribution in [3.8, 4) is 0 Å². The van der Waals surface area contributed by atoms with Crippen LogP contribution in [0.3, 0.4) is 0 Å². The monoisotopic (exact) mass is 909 g/mol. The smallest absolute Gasteiger partial charge is 0.306 e. The fourth-order valence-electron chi connectivity index (χ4n) is 7.84. The molecule has 376 valence electrons. The van der Waals surface area contributed by atoms with Gasteiger partial charge in [0, 0.05) is 19.3 Å². The molecular weight excluding hydrogens is 805 g/mol. The highest BCUT2D eigenvalue weighted by Crippen LogP contribution is 2.16. The van der Waals surface area contributed by atoms with E-state index in [1.807, 2.05) is 0 Å². The third-order valence-electron chi connectivity index (χ3n) is 12.0. The summed E-state index contributed by atoms with van der Waals surface area (Å²) in [6.45, 7) is 6.42. The Balaban J connectivity index is 4.05. The quantitative estimate of drug-likeness (QED) is 0.0262. The van der Waals surface area contributed by atoms with Gasteiger partial charge in [-0.3, -0.25) is 14.4 Å². The van der Waals surface area contributed by atoms with Crippen molar-refractivity contribution < 1.29 is 28.6 Å². The number of allylic oxidation sites excluding steroid dienone is 10. The van der Waals surface area contributed by atoms with Crippen LogP contribution >= 0.6 is 0 Å². The first-order chi connectivity index (χ1) is 32.0. The van der Waals surface area contributed by atoms with Gasteiger partial charge >= 0.3 is 17.9 Å². The largest absolute Gasteiger partial charge is 0.462 e. The fraction of sp³-hybridized carbons (Fsp3) is 0.780. The van der Waals surface area contributed by atoms with Gasteiger partial charge in [0.15, 0.2) is 6.10 Å². The van der Waals surface area contributed by atoms with Crippen molar-refractivity contribution in [3.05, 3.63) is 60.8 Å². The Morgan fingerprint density at radius 3 is 0.985 bits per heavy atom. The van der Waals surface area contributed by atoms with Crippen molar-refractivity contribution >= 4 is 17.9 Å². The Morgan fingerprint density at radius 1 is 0.323 bits per heavy atom. The lowest BCUT2D eigenvalue weighted by Gasteiger charge is -2.18. The first-order valence-electron chi connectivity index (χ1n) is 27.8. The number of hydrogen-bond donors (Lipinski definition) is 0. The zero-order valence-electron chi connectivity index (χ0n) is 43.0. The van der Waals surface area contributed by atoms with E-state index in [-0.39, 0.29) is 37.5 Å². The van der Waals surface area contributed by atoms with Crippen molar-refractivity contribution in [2.24, 2.45) is 0 Å². The maximum atomic E-state index is 12.7. The summed E-state index contributed by atoms with van der Waals surface area (Å²) in [6, 6.07) is 0. The summed E-state index contributed by atoms with van der Waals surface area (Å²) in [5.74, 6) is -0.940. The molecular formula is C59H104O6. The number of carbonyl (C=O) groups excluding carboxylic acids is 3. The minimum Gasteiger partial charge on any atom is -0.462 e. The predicted molar refractivity (Wildman–Crippen MR) is 279 cm³/mol. The number of esters is 3. The minimum atomic E-state index is -0.790. The van der Waals surface area contributed by atoms with Crippen molar-refractivity contribution in [2.75, 3.05) is 13.2 Å². The summed E-state index contributed by atoms with van der Waals surface area (Å²) < 4.78 is 16.6. The van der Waals surface area contributed by atoms with Crippen LogP contribution in [0.4, 0.5) is 0 Å². The molecule has 0 saturated heterocycles. The van der Waals surface area contributed by atoms with Gasteiger partial charge in [0.05, 0.1) is 0 Å². The standard InChI is InChI=1S/C59H104O6/c1-4-7-10-13-15-17-19-21-23-24-25-26-27-28-29-30-31-32-33-34-36-37-39-41-43-46-49-52-58(61)64-55-56(54-63-57(60)51-48-45-12-9-6-3)65-59(62)53-50-47-44-42-40-38-35-22-20-18-16-14-11-8-5-2/h8,11,16,18,22,24-25,35,40,42,56H,4-7,9-10,12-15,17,19-21,23,26-34,36-39,41,43-55H2,1-3H3/b11-8-,18-16-,25-24-,35-22-,42-40-. The molecule has 6 nitrogen and oxygen atoms in total. The van der Waals surface area contributed by atoms with E-state index >= 15 is 0 Å². The van der Waals surface area contributed by atoms with E-state index in [1.54, 1.807) is 0 Å². The second-order valence-electron chi connectivity index (χ2n) is 18.5. The molecule has 0 radical (unpaired) electrons. The lowest BCUT2D eigenvalue weighted by molar-refractivity contribution is -0.167. The zero-order chi connectivity index (χ0) is 47.2. The minimum absolute atomic E-state index is 0.0897. The molecule has 0 heterocycles. The van der Waals surface area contributed by atoms with Gasteiger partial charge in [0.2, 0.25) is 0 Å². The van der Waals surface area contributed by atoms with Crippen LogP contribution in [0.5, 0.6) is 0 Å². The van der Waals surface area contributed by atoms with Gasteiger partial charge in [0.25, 0.3) is 0 Å². The lowest BCUT2D eigenvalue weighted by atomic mass is 10.0. The molecule has 0 spiro atoms. The Kier molecular flexibility index (Phi) is 51.3. The van der Waals surface area contributed by atoms with Crippen LogP contribution in [0.2, 0.25) is 0 Å². The van der Waals surface area contributed by atoms with Crippen molar-refractivity contribution in [3.63, 3.8) is 0 Å².